The standard InChI is InChI=1S/C36H37N7O4/c37-15-1-2-28-13-16-38-36(40-28)42-17-14-25-18-29(9-7-27(25)21-42)39-34(45)24-5-3-23(4-6-24)20-43(30-10-11-30)35(46)26-8-12-31-32(19-26)47-22-33(44)41-31/h3-9,12-13,16,18-19,30H,1-2,10-11,14-15,17,20-22,37H2,(H,39,45)(H,41,44). The van der Waals surface area contributed by atoms with Gasteiger partial charge < -0.3 is 30.9 Å². The van der Waals surface area contributed by atoms with Crippen LogP contribution >= 0.6 is 0 Å². The number of benzene rings is 3. The summed E-state index contributed by atoms with van der Waals surface area (Å²) in [5.41, 5.74) is 12.4. The van der Waals surface area contributed by atoms with E-state index in [0.717, 1.165) is 61.5 Å². The van der Waals surface area contributed by atoms with Crippen LogP contribution in [0.5, 0.6) is 5.75 Å². The first-order valence-electron chi connectivity index (χ1n) is 16.1. The highest BCUT2D eigenvalue weighted by atomic mass is 16.5. The van der Waals surface area contributed by atoms with Crippen LogP contribution < -0.4 is 26.0 Å². The van der Waals surface area contributed by atoms with Crippen molar-refractivity contribution in [1.29, 1.82) is 0 Å². The Morgan fingerprint density at radius 2 is 1.85 bits per heavy atom. The second-order valence-electron chi connectivity index (χ2n) is 12.3. The number of amides is 3. The number of carbonyl (C=O) groups is 3. The molecule has 3 amide bonds. The predicted molar refractivity (Wildman–Crippen MR) is 178 cm³/mol. The smallest absolute Gasteiger partial charge is 0.262 e. The Labute approximate surface area is 273 Å². The highest BCUT2D eigenvalue weighted by Gasteiger charge is 2.33. The van der Waals surface area contributed by atoms with E-state index in [1.165, 1.54) is 11.1 Å². The Morgan fingerprint density at radius 3 is 2.66 bits per heavy atom. The molecule has 0 saturated heterocycles. The normalized spacial score (nSPS) is 15.2. The number of carbonyl (C=O) groups excluding carboxylic acids is 3. The van der Waals surface area contributed by atoms with E-state index in [-0.39, 0.29) is 30.4 Å². The lowest BCUT2D eigenvalue weighted by Gasteiger charge is -2.29. The number of hydrogen-bond acceptors (Lipinski definition) is 8. The first kappa shape index (κ1) is 30.4. The second-order valence-corrected chi connectivity index (χ2v) is 12.3. The monoisotopic (exact) mass is 631 g/mol. The third-order valence-electron chi connectivity index (χ3n) is 8.78. The molecule has 7 rings (SSSR count). The minimum Gasteiger partial charge on any atom is -0.482 e. The molecule has 0 radical (unpaired) electrons. The van der Waals surface area contributed by atoms with E-state index in [1.54, 1.807) is 30.3 Å². The van der Waals surface area contributed by atoms with Gasteiger partial charge in [-0.3, -0.25) is 14.4 Å². The summed E-state index contributed by atoms with van der Waals surface area (Å²) in [4.78, 5) is 51.6. The van der Waals surface area contributed by atoms with Crippen LogP contribution in [0.3, 0.4) is 0 Å². The molecule has 47 heavy (non-hydrogen) atoms. The molecular weight excluding hydrogens is 594 g/mol. The number of rotatable bonds is 10. The van der Waals surface area contributed by atoms with Crippen molar-refractivity contribution in [3.8, 4) is 5.75 Å². The first-order valence-corrected chi connectivity index (χ1v) is 16.1. The van der Waals surface area contributed by atoms with Crippen LogP contribution in [-0.2, 0) is 30.7 Å². The molecule has 0 bridgehead atoms. The lowest BCUT2D eigenvalue weighted by atomic mass is 9.99. The van der Waals surface area contributed by atoms with Crippen molar-refractivity contribution in [2.75, 3.05) is 35.2 Å². The average Bonchev–Trinajstić information content (AvgIpc) is 3.95. The van der Waals surface area contributed by atoms with E-state index in [9.17, 15) is 14.4 Å². The molecule has 240 valence electrons. The summed E-state index contributed by atoms with van der Waals surface area (Å²) < 4.78 is 5.51. The number of nitrogens with one attached hydrogen (secondary N) is 2. The van der Waals surface area contributed by atoms with E-state index in [2.05, 4.69) is 32.7 Å². The van der Waals surface area contributed by atoms with E-state index in [4.69, 9.17) is 15.5 Å². The molecular formula is C36H37N7O4. The third-order valence-corrected chi connectivity index (χ3v) is 8.78. The maximum atomic E-state index is 13.5. The van der Waals surface area contributed by atoms with Gasteiger partial charge in [-0.05, 0) is 104 Å². The number of anilines is 3. The van der Waals surface area contributed by atoms with Gasteiger partial charge in [0, 0.05) is 54.4 Å². The number of fused-ring (bicyclic) bond motifs is 2. The van der Waals surface area contributed by atoms with Crippen LogP contribution in [0.2, 0.25) is 0 Å². The number of aryl methyl sites for hydroxylation is 1. The summed E-state index contributed by atoms with van der Waals surface area (Å²) in [5, 5.41) is 5.80. The number of nitrogens with zero attached hydrogens (tertiary/aromatic N) is 4. The lowest BCUT2D eigenvalue weighted by Crippen LogP contribution is -2.33. The molecule has 4 N–H and O–H groups in total. The van der Waals surface area contributed by atoms with Crippen LogP contribution in [0.15, 0.2) is 72.9 Å². The van der Waals surface area contributed by atoms with Crippen molar-refractivity contribution in [2.45, 2.75) is 51.2 Å². The van der Waals surface area contributed by atoms with Gasteiger partial charge in [0.05, 0.1) is 5.69 Å². The van der Waals surface area contributed by atoms with Crippen molar-refractivity contribution in [2.24, 2.45) is 5.73 Å². The van der Waals surface area contributed by atoms with E-state index in [1.807, 2.05) is 35.4 Å². The van der Waals surface area contributed by atoms with E-state index in [0.29, 0.717) is 42.2 Å². The van der Waals surface area contributed by atoms with E-state index < -0.39 is 0 Å². The number of ether oxygens (including phenoxy) is 1. The minimum absolute atomic E-state index is 0.0656. The van der Waals surface area contributed by atoms with Gasteiger partial charge in [0.2, 0.25) is 5.95 Å². The van der Waals surface area contributed by atoms with Crippen molar-refractivity contribution < 1.29 is 19.1 Å². The minimum atomic E-state index is -0.212. The second kappa shape index (κ2) is 13.2. The number of nitrogens with two attached hydrogens (primary N) is 1. The SMILES string of the molecule is NCCCc1ccnc(N2CCc3cc(NC(=O)c4ccc(CN(C(=O)c5ccc6c(c5)OCC(=O)N6)C5CC5)cc4)ccc3C2)n1. The van der Waals surface area contributed by atoms with Gasteiger partial charge in [-0.25, -0.2) is 9.97 Å². The molecule has 4 aromatic rings. The molecule has 1 fully saturated rings. The highest BCUT2D eigenvalue weighted by Crippen LogP contribution is 2.33. The third kappa shape index (κ3) is 6.95. The fourth-order valence-electron chi connectivity index (χ4n) is 6.05. The van der Waals surface area contributed by atoms with Crippen LogP contribution in [0.25, 0.3) is 0 Å². The Balaban J connectivity index is 0.970. The van der Waals surface area contributed by atoms with E-state index >= 15 is 0 Å². The zero-order chi connectivity index (χ0) is 32.3. The fourth-order valence-corrected chi connectivity index (χ4v) is 6.05. The van der Waals surface area contributed by atoms with Gasteiger partial charge >= 0.3 is 0 Å². The summed E-state index contributed by atoms with van der Waals surface area (Å²) in [5.74, 6) is 0.748. The van der Waals surface area contributed by atoms with Gasteiger partial charge in [-0.1, -0.05) is 18.2 Å². The first-order chi connectivity index (χ1) is 22.9. The fraction of sp³-hybridized carbons (Fsp3) is 0.306. The summed E-state index contributed by atoms with van der Waals surface area (Å²) in [6.07, 6.45) is 6.30. The van der Waals surface area contributed by atoms with Crippen LogP contribution in [0.1, 0.15) is 62.4 Å². The molecule has 0 atom stereocenters. The maximum Gasteiger partial charge on any atom is 0.262 e. The maximum absolute atomic E-state index is 13.5. The highest BCUT2D eigenvalue weighted by molar-refractivity contribution is 6.04. The molecule has 0 unspecified atom stereocenters. The molecule has 1 aliphatic carbocycles. The Kier molecular flexibility index (Phi) is 8.54. The van der Waals surface area contributed by atoms with Gasteiger partial charge in [0.1, 0.15) is 5.75 Å². The van der Waals surface area contributed by atoms with Gasteiger partial charge in [0.25, 0.3) is 17.7 Å². The van der Waals surface area contributed by atoms with Crippen LogP contribution in [0.4, 0.5) is 17.3 Å². The largest absolute Gasteiger partial charge is 0.482 e. The zero-order valence-electron chi connectivity index (χ0n) is 26.1. The average molecular weight is 632 g/mol. The number of hydrogen-bond donors (Lipinski definition) is 3. The van der Waals surface area contributed by atoms with Gasteiger partial charge in [-0.2, -0.15) is 0 Å². The van der Waals surface area contributed by atoms with Crippen LogP contribution in [-0.4, -0.2) is 58.3 Å². The molecule has 0 spiro atoms. The molecule has 3 aromatic carbocycles. The molecule has 1 saturated carbocycles. The predicted octanol–water partition coefficient (Wildman–Crippen LogP) is 4.32. The molecule has 3 aliphatic rings. The van der Waals surface area contributed by atoms with Crippen molar-refractivity contribution in [3.05, 3.63) is 106 Å². The molecule has 3 heterocycles. The molecule has 2 aliphatic heterocycles. The lowest BCUT2D eigenvalue weighted by molar-refractivity contribution is -0.118. The Morgan fingerprint density at radius 1 is 1.02 bits per heavy atom. The summed E-state index contributed by atoms with van der Waals surface area (Å²) >= 11 is 0. The quantitative estimate of drug-likeness (QED) is 0.235. The Bertz CT molecular complexity index is 1820. The summed E-state index contributed by atoms with van der Waals surface area (Å²) in [6, 6.07) is 20.7. The van der Waals surface area contributed by atoms with Crippen molar-refractivity contribution in [1.82, 2.24) is 14.9 Å². The molecule has 1 aromatic heterocycles. The van der Waals surface area contributed by atoms with Crippen LogP contribution in [0, 0.1) is 0 Å². The van der Waals surface area contributed by atoms with Gasteiger partial charge in [0.15, 0.2) is 6.61 Å². The Hall–Kier alpha value is -5.29. The van der Waals surface area contributed by atoms with Crippen molar-refractivity contribution >= 4 is 35.0 Å². The zero-order valence-corrected chi connectivity index (χ0v) is 26.1. The summed E-state index contributed by atoms with van der Waals surface area (Å²) in [6.45, 7) is 2.52. The number of aromatic nitrogens is 2. The molecule has 11 nitrogen and oxygen atoms in total. The molecule has 11 heteroatoms. The van der Waals surface area contributed by atoms with Crippen molar-refractivity contribution in [3.63, 3.8) is 0 Å². The summed E-state index contributed by atoms with van der Waals surface area (Å²) in [7, 11) is 0. The van der Waals surface area contributed by atoms with Gasteiger partial charge in [-0.15, -0.1) is 0 Å². The topological polar surface area (TPSA) is 143 Å².